The molecule has 110 valence electrons. The van der Waals surface area contributed by atoms with E-state index in [0.717, 1.165) is 25.3 Å². The van der Waals surface area contributed by atoms with Gasteiger partial charge in [-0.15, -0.1) is 0 Å². The fourth-order valence-electron chi connectivity index (χ4n) is 2.33. The lowest BCUT2D eigenvalue weighted by molar-refractivity contribution is -0.384. The van der Waals surface area contributed by atoms with Gasteiger partial charge in [-0.05, 0) is 31.4 Å². The van der Waals surface area contributed by atoms with Crippen LogP contribution in [0.15, 0.2) is 23.1 Å². The number of hydrogen-bond acceptors (Lipinski definition) is 6. The number of rotatable bonds is 4. The molecule has 0 amide bonds. The number of nitro groups is 1. The fourth-order valence-corrected chi connectivity index (χ4v) is 2.86. The Morgan fingerprint density at radius 3 is 2.55 bits per heavy atom. The molecule has 1 saturated carbocycles. The maximum absolute atomic E-state index is 11.2. The Kier molecular flexibility index (Phi) is 3.93. The van der Waals surface area contributed by atoms with Crippen LogP contribution in [0.4, 0.5) is 11.4 Å². The molecule has 0 saturated heterocycles. The second-order valence-corrected chi connectivity index (χ2v) is 6.39. The molecule has 1 aliphatic rings. The maximum Gasteiger partial charge on any atom is 0.293 e. The molecule has 1 fully saturated rings. The second kappa shape index (κ2) is 5.35. The summed E-state index contributed by atoms with van der Waals surface area (Å²) in [4.78, 5) is 10.1. The SMILES string of the molecule is NC1CCCC1Nc1ccc(S(N)(=O)=O)cc1[N+](=O)[O-]. The molecule has 9 heteroatoms. The molecule has 5 N–H and O–H groups in total. The molecule has 0 aromatic heterocycles. The molecule has 2 unspecified atom stereocenters. The van der Waals surface area contributed by atoms with Crippen molar-refractivity contribution in [3.05, 3.63) is 28.3 Å². The van der Waals surface area contributed by atoms with E-state index in [0.29, 0.717) is 0 Å². The molecule has 0 bridgehead atoms. The van der Waals surface area contributed by atoms with Crippen LogP contribution in [0.1, 0.15) is 19.3 Å². The molecule has 2 rings (SSSR count). The van der Waals surface area contributed by atoms with E-state index in [1.807, 2.05) is 0 Å². The van der Waals surface area contributed by atoms with Crippen LogP contribution in [-0.4, -0.2) is 25.4 Å². The van der Waals surface area contributed by atoms with E-state index >= 15 is 0 Å². The number of nitro benzene ring substituents is 1. The van der Waals surface area contributed by atoms with Crippen LogP contribution >= 0.6 is 0 Å². The Morgan fingerprint density at radius 2 is 2.05 bits per heavy atom. The van der Waals surface area contributed by atoms with Gasteiger partial charge < -0.3 is 11.1 Å². The van der Waals surface area contributed by atoms with Gasteiger partial charge >= 0.3 is 0 Å². The van der Waals surface area contributed by atoms with Gasteiger partial charge in [0.15, 0.2) is 0 Å². The number of primary sulfonamides is 1. The third-order valence-electron chi connectivity index (χ3n) is 3.40. The summed E-state index contributed by atoms with van der Waals surface area (Å²) in [6.45, 7) is 0. The number of nitrogens with two attached hydrogens (primary N) is 2. The summed E-state index contributed by atoms with van der Waals surface area (Å²) in [5.74, 6) is 0. The van der Waals surface area contributed by atoms with E-state index in [9.17, 15) is 18.5 Å². The lowest BCUT2D eigenvalue weighted by Crippen LogP contribution is -2.35. The van der Waals surface area contributed by atoms with E-state index in [2.05, 4.69) is 5.32 Å². The zero-order valence-electron chi connectivity index (χ0n) is 10.7. The summed E-state index contributed by atoms with van der Waals surface area (Å²) in [6.07, 6.45) is 2.65. The Hall–Kier alpha value is -1.71. The largest absolute Gasteiger partial charge is 0.375 e. The van der Waals surface area contributed by atoms with E-state index < -0.39 is 14.9 Å². The summed E-state index contributed by atoms with van der Waals surface area (Å²) < 4.78 is 22.5. The van der Waals surface area contributed by atoms with E-state index in [4.69, 9.17) is 10.9 Å². The van der Waals surface area contributed by atoms with Crippen molar-refractivity contribution in [2.45, 2.75) is 36.2 Å². The van der Waals surface area contributed by atoms with Crippen molar-refractivity contribution in [3.63, 3.8) is 0 Å². The minimum Gasteiger partial charge on any atom is -0.375 e. The first-order valence-corrected chi connectivity index (χ1v) is 7.67. The van der Waals surface area contributed by atoms with Crippen molar-refractivity contribution >= 4 is 21.4 Å². The molecule has 1 aromatic carbocycles. The smallest absolute Gasteiger partial charge is 0.293 e. The highest BCUT2D eigenvalue weighted by Crippen LogP contribution is 2.30. The third-order valence-corrected chi connectivity index (χ3v) is 4.32. The van der Waals surface area contributed by atoms with E-state index in [1.54, 1.807) is 0 Å². The fraction of sp³-hybridized carbons (Fsp3) is 0.455. The average molecular weight is 300 g/mol. The number of nitrogens with zero attached hydrogens (tertiary/aromatic N) is 1. The molecular weight excluding hydrogens is 284 g/mol. The van der Waals surface area contributed by atoms with Gasteiger partial charge in [-0.1, -0.05) is 0 Å². The molecule has 0 aliphatic heterocycles. The van der Waals surface area contributed by atoms with Gasteiger partial charge in [0.05, 0.1) is 9.82 Å². The molecule has 0 heterocycles. The van der Waals surface area contributed by atoms with Gasteiger partial charge in [0.1, 0.15) is 5.69 Å². The molecule has 0 radical (unpaired) electrons. The van der Waals surface area contributed by atoms with Crippen molar-refractivity contribution in [2.24, 2.45) is 10.9 Å². The van der Waals surface area contributed by atoms with Gasteiger partial charge in [0, 0.05) is 18.2 Å². The highest BCUT2D eigenvalue weighted by Gasteiger charge is 2.27. The van der Waals surface area contributed by atoms with Crippen LogP contribution in [-0.2, 0) is 10.0 Å². The monoisotopic (exact) mass is 300 g/mol. The molecule has 2 atom stereocenters. The van der Waals surface area contributed by atoms with Crippen LogP contribution in [0.25, 0.3) is 0 Å². The number of nitrogens with one attached hydrogen (secondary N) is 1. The van der Waals surface area contributed by atoms with Gasteiger partial charge in [0.25, 0.3) is 5.69 Å². The van der Waals surface area contributed by atoms with Gasteiger partial charge in [-0.25, -0.2) is 13.6 Å². The molecule has 0 spiro atoms. The number of hydrogen-bond donors (Lipinski definition) is 3. The molecular formula is C11H16N4O4S. The highest BCUT2D eigenvalue weighted by atomic mass is 32.2. The van der Waals surface area contributed by atoms with Crippen LogP contribution in [0.3, 0.4) is 0 Å². The quantitative estimate of drug-likeness (QED) is 0.547. The maximum atomic E-state index is 11.2. The highest BCUT2D eigenvalue weighted by molar-refractivity contribution is 7.89. The topological polar surface area (TPSA) is 141 Å². The van der Waals surface area contributed by atoms with E-state index in [-0.39, 0.29) is 28.4 Å². The van der Waals surface area contributed by atoms with Crippen molar-refractivity contribution in [1.29, 1.82) is 0 Å². The molecule has 1 aliphatic carbocycles. The molecule has 20 heavy (non-hydrogen) atoms. The predicted molar refractivity (Wildman–Crippen MR) is 73.7 cm³/mol. The van der Waals surface area contributed by atoms with Crippen LogP contribution in [0.2, 0.25) is 0 Å². The Labute approximate surface area is 116 Å². The van der Waals surface area contributed by atoms with Gasteiger partial charge in [-0.2, -0.15) is 0 Å². The third kappa shape index (κ3) is 3.06. The van der Waals surface area contributed by atoms with Gasteiger partial charge in [-0.3, -0.25) is 10.1 Å². The zero-order valence-corrected chi connectivity index (χ0v) is 11.5. The number of benzene rings is 1. The average Bonchev–Trinajstić information content (AvgIpc) is 2.74. The lowest BCUT2D eigenvalue weighted by Gasteiger charge is -2.18. The Bertz CT molecular complexity index is 631. The number of anilines is 1. The predicted octanol–water partition coefficient (Wildman–Crippen LogP) is 0.534. The molecule has 8 nitrogen and oxygen atoms in total. The van der Waals surface area contributed by atoms with Crippen molar-refractivity contribution in [2.75, 3.05) is 5.32 Å². The summed E-state index contributed by atoms with van der Waals surface area (Å²) in [5.41, 5.74) is 5.83. The first kappa shape index (κ1) is 14.7. The summed E-state index contributed by atoms with van der Waals surface area (Å²) in [6, 6.07) is 3.44. The van der Waals surface area contributed by atoms with Crippen molar-refractivity contribution in [1.82, 2.24) is 0 Å². The molecule has 1 aromatic rings. The standard InChI is InChI=1S/C11H16N4O4S/c12-8-2-1-3-9(8)14-10-5-4-7(20(13,18)19)6-11(10)15(16)17/h4-6,8-9,14H,1-3,12H2,(H2,13,18,19). The lowest BCUT2D eigenvalue weighted by atomic mass is 10.1. The normalized spacial score (nSPS) is 22.7. The summed E-state index contributed by atoms with van der Waals surface area (Å²) in [7, 11) is -3.97. The second-order valence-electron chi connectivity index (χ2n) is 4.83. The number of sulfonamides is 1. The van der Waals surface area contributed by atoms with E-state index in [1.165, 1.54) is 12.1 Å². The summed E-state index contributed by atoms with van der Waals surface area (Å²) in [5, 5.41) is 19.0. The van der Waals surface area contributed by atoms with Gasteiger partial charge in [0.2, 0.25) is 10.0 Å². The summed E-state index contributed by atoms with van der Waals surface area (Å²) >= 11 is 0. The first-order valence-electron chi connectivity index (χ1n) is 6.12. The van der Waals surface area contributed by atoms with Crippen LogP contribution in [0.5, 0.6) is 0 Å². The van der Waals surface area contributed by atoms with Crippen molar-refractivity contribution < 1.29 is 13.3 Å². The Balaban J connectivity index is 2.35. The van der Waals surface area contributed by atoms with Crippen LogP contribution < -0.4 is 16.2 Å². The first-order chi connectivity index (χ1) is 9.29. The minimum absolute atomic E-state index is 0.0472. The minimum atomic E-state index is -3.97. The van der Waals surface area contributed by atoms with Crippen LogP contribution in [0, 0.1) is 10.1 Å². The zero-order chi connectivity index (χ0) is 14.9. The Morgan fingerprint density at radius 1 is 1.35 bits per heavy atom. The van der Waals surface area contributed by atoms with Crippen molar-refractivity contribution in [3.8, 4) is 0 Å².